The Labute approximate surface area is 161 Å². The predicted octanol–water partition coefficient (Wildman–Crippen LogP) is 4.27. The average Bonchev–Trinajstić information content (AvgIpc) is 2.65. The number of benzene rings is 2. The van der Waals surface area contributed by atoms with Gasteiger partial charge in [0.2, 0.25) is 0 Å². The summed E-state index contributed by atoms with van der Waals surface area (Å²) in [7, 11) is 1.45. The van der Waals surface area contributed by atoms with Crippen LogP contribution in [0.3, 0.4) is 0 Å². The molecule has 0 bridgehead atoms. The van der Waals surface area contributed by atoms with E-state index in [1.807, 2.05) is 6.92 Å². The second-order valence-electron chi connectivity index (χ2n) is 6.46. The van der Waals surface area contributed by atoms with Crippen molar-refractivity contribution in [3.8, 4) is 34.3 Å². The first kappa shape index (κ1) is 19.4. The van der Waals surface area contributed by atoms with Gasteiger partial charge < -0.3 is 24.5 Å². The lowest BCUT2D eigenvalue weighted by Crippen LogP contribution is -2.12. The van der Waals surface area contributed by atoms with E-state index in [2.05, 4.69) is 6.58 Å². The maximum absolute atomic E-state index is 13.1. The Kier molecular flexibility index (Phi) is 5.31. The number of methoxy groups -OCH3 is 1. The number of aromatic hydroxyl groups is 3. The molecular formula is C22H22O6. The maximum atomic E-state index is 13.1. The summed E-state index contributed by atoms with van der Waals surface area (Å²) in [6, 6.07) is 5.70. The van der Waals surface area contributed by atoms with E-state index >= 15 is 0 Å². The Morgan fingerprint density at radius 1 is 1.18 bits per heavy atom. The topological polar surface area (TPSA) is 100 Å². The van der Waals surface area contributed by atoms with Crippen LogP contribution in [0.15, 0.2) is 46.1 Å². The fourth-order valence-corrected chi connectivity index (χ4v) is 3.36. The van der Waals surface area contributed by atoms with E-state index in [0.717, 1.165) is 6.07 Å². The number of phenolic OH excluding ortho intramolecular Hbond substituents is 3. The van der Waals surface area contributed by atoms with Crippen molar-refractivity contribution in [3.63, 3.8) is 0 Å². The highest BCUT2D eigenvalue weighted by Crippen LogP contribution is 2.40. The lowest BCUT2D eigenvalue weighted by molar-refractivity contribution is 0.371. The Hall–Kier alpha value is -3.41. The normalized spacial score (nSPS) is 10.9. The summed E-state index contributed by atoms with van der Waals surface area (Å²) in [5, 5.41) is 30.5. The highest BCUT2D eigenvalue weighted by molar-refractivity contribution is 5.87. The molecule has 2 aromatic carbocycles. The minimum Gasteiger partial charge on any atom is -0.508 e. The molecule has 0 saturated heterocycles. The SMILES string of the molecule is C=CCc1c(-c2oc3cc(O)cc(O)c3c(=O)c2CCC)ccc(OC)c1O. The number of fused-ring (bicyclic) bond motifs is 1. The zero-order chi connectivity index (χ0) is 20.4. The maximum Gasteiger partial charge on any atom is 0.200 e. The van der Waals surface area contributed by atoms with Crippen LogP contribution in [-0.2, 0) is 12.8 Å². The summed E-state index contributed by atoms with van der Waals surface area (Å²) in [6.45, 7) is 5.66. The fraction of sp³-hybridized carbons (Fsp3) is 0.227. The molecule has 1 heterocycles. The van der Waals surface area contributed by atoms with Crippen LogP contribution in [0.4, 0.5) is 0 Å². The molecule has 6 heteroatoms. The monoisotopic (exact) mass is 382 g/mol. The third kappa shape index (κ3) is 3.17. The summed E-state index contributed by atoms with van der Waals surface area (Å²) in [4.78, 5) is 13.1. The lowest BCUT2D eigenvalue weighted by atomic mass is 9.95. The highest BCUT2D eigenvalue weighted by atomic mass is 16.5. The minimum atomic E-state index is -0.365. The van der Waals surface area contributed by atoms with Crippen LogP contribution < -0.4 is 10.2 Å². The largest absolute Gasteiger partial charge is 0.508 e. The van der Waals surface area contributed by atoms with E-state index in [4.69, 9.17) is 9.15 Å². The van der Waals surface area contributed by atoms with Crippen LogP contribution in [0.25, 0.3) is 22.3 Å². The van der Waals surface area contributed by atoms with Gasteiger partial charge in [0, 0.05) is 28.8 Å². The van der Waals surface area contributed by atoms with Gasteiger partial charge in [0.1, 0.15) is 28.2 Å². The third-order valence-corrected chi connectivity index (χ3v) is 4.61. The van der Waals surface area contributed by atoms with Gasteiger partial charge >= 0.3 is 0 Å². The Bertz CT molecular complexity index is 1110. The van der Waals surface area contributed by atoms with Crippen LogP contribution in [0.5, 0.6) is 23.0 Å². The van der Waals surface area contributed by atoms with Gasteiger partial charge in [0.15, 0.2) is 16.9 Å². The van der Waals surface area contributed by atoms with E-state index in [0.29, 0.717) is 47.5 Å². The third-order valence-electron chi connectivity index (χ3n) is 4.61. The number of ether oxygens (including phenoxy) is 1. The second-order valence-corrected chi connectivity index (χ2v) is 6.46. The zero-order valence-electron chi connectivity index (χ0n) is 15.8. The Morgan fingerprint density at radius 3 is 2.57 bits per heavy atom. The summed E-state index contributed by atoms with van der Waals surface area (Å²) < 4.78 is 11.2. The molecule has 0 aliphatic heterocycles. The number of hydrogen-bond donors (Lipinski definition) is 3. The molecule has 0 spiro atoms. The van der Waals surface area contributed by atoms with Gasteiger partial charge in [-0.2, -0.15) is 0 Å². The van der Waals surface area contributed by atoms with Crippen LogP contribution in [0.2, 0.25) is 0 Å². The molecule has 0 radical (unpaired) electrons. The first-order chi connectivity index (χ1) is 13.4. The molecule has 0 saturated carbocycles. The van der Waals surface area contributed by atoms with Crippen LogP contribution >= 0.6 is 0 Å². The molecule has 146 valence electrons. The summed E-state index contributed by atoms with van der Waals surface area (Å²) in [6.07, 6.45) is 3.07. The van der Waals surface area contributed by atoms with Crippen molar-refractivity contribution in [2.75, 3.05) is 7.11 Å². The standard InChI is InChI=1S/C22H22O6/c1-4-6-13-14(8-9-17(27-3)20(13)25)22-15(7-5-2)21(26)19-16(24)10-12(23)11-18(19)28-22/h4,8-11,23-25H,1,5-7H2,2-3H3. The zero-order valence-corrected chi connectivity index (χ0v) is 15.8. The van der Waals surface area contributed by atoms with E-state index in [1.54, 1.807) is 18.2 Å². The molecule has 0 amide bonds. The van der Waals surface area contributed by atoms with Gasteiger partial charge in [-0.05, 0) is 25.0 Å². The van der Waals surface area contributed by atoms with Gasteiger partial charge in [0.25, 0.3) is 0 Å². The molecule has 0 atom stereocenters. The predicted molar refractivity (Wildman–Crippen MR) is 107 cm³/mol. The van der Waals surface area contributed by atoms with Gasteiger partial charge in [0.05, 0.1) is 7.11 Å². The van der Waals surface area contributed by atoms with Crippen molar-refractivity contribution in [2.24, 2.45) is 0 Å². The highest BCUT2D eigenvalue weighted by Gasteiger charge is 2.22. The molecule has 28 heavy (non-hydrogen) atoms. The lowest BCUT2D eigenvalue weighted by Gasteiger charge is -2.16. The fourth-order valence-electron chi connectivity index (χ4n) is 3.36. The number of phenols is 3. The summed E-state index contributed by atoms with van der Waals surface area (Å²) in [5.41, 5.74) is 1.14. The van der Waals surface area contributed by atoms with Gasteiger partial charge in [-0.15, -0.1) is 6.58 Å². The summed E-state index contributed by atoms with van der Waals surface area (Å²) >= 11 is 0. The Balaban J connectivity index is 2.43. The molecule has 0 fully saturated rings. The smallest absolute Gasteiger partial charge is 0.200 e. The van der Waals surface area contributed by atoms with E-state index in [-0.39, 0.29) is 33.6 Å². The van der Waals surface area contributed by atoms with Gasteiger partial charge in [-0.25, -0.2) is 0 Å². The van der Waals surface area contributed by atoms with E-state index in [1.165, 1.54) is 13.2 Å². The van der Waals surface area contributed by atoms with Gasteiger partial charge in [-0.3, -0.25) is 4.79 Å². The Morgan fingerprint density at radius 2 is 1.93 bits per heavy atom. The van der Waals surface area contributed by atoms with Crippen molar-refractivity contribution in [1.82, 2.24) is 0 Å². The summed E-state index contributed by atoms with van der Waals surface area (Å²) in [5.74, 6) is -0.0122. The van der Waals surface area contributed by atoms with Crippen LogP contribution in [0.1, 0.15) is 24.5 Å². The second kappa shape index (κ2) is 7.68. The van der Waals surface area contributed by atoms with Crippen molar-refractivity contribution < 1.29 is 24.5 Å². The molecule has 3 N–H and O–H groups in total. The number of rotatable bonds is 6. The molecule has 6 nitrogen and oxygen atoms in total. The molecule has 3 aromatic rings. The first-order valence-corrected chi connectivity index (χ1v) is 8.94. The minimum absolute atomic E-state index is 0.0213. The molecule has 0 aliphatic rings. The van der Waals surface area contributed by atoms with Crippen molar-refractivity contribution in [1.29, 1.82) is 0 Å². The number of hydrogen-bond acceptors (Lipinski definition) is 6. The van der Waals surface area contributed by atoms with E-state index < -0.39 is 0 Å². The van der Waals surface area contributed by atoms with Gasteiger partial charge in [-0.1, -0.05) is 19.4 Å². The molecule has 1 aromatic heterocycles. The molecule has 0 unspecified atom stereocenters. The number of allylic oxidation sites excluding steroid dienone is 1. The average molecular weight is 382 g/mol. The first-order valence-electron chi connectivity index (χ1n) is 8.94. The van der Waals surface area contributed by atoms with Crippen molar-refractivity contribution >= 4 is 11.0 Å². The van der Waals surface area contributed by atoms with Crippen molar-refractivity contribution in [2.45, 2.75) is 26.2 Å². The quantitative estimate of drug-likeness (QED) is 0.551. The van der Waals surface area contributed by atoms with E-state index in [9.17, 15) is 20.1 Å². The molecular weight excluding hydrogens is 360 g/mol. The van der Waals surface area contributed by atoms with Crippen LogP contribution in [0, 0.1) is 0 Å². The molecule has 3 rings (SSSR count). The molecule has 0 aliphatic carbocycles. The van der Waals surface area contributed by atoms with Crippen LogP contribution in [-0.4, -0.2) is 22.4 Å². The van der Waals surface area contributed by atoms with Crippen molar-refractivity contribution in [3.05, 3.63) is 58.3 Å².